The zero-order valence-corrected chi connectivity index (χ0v) is 11.8. The second-order valence-electron chi connectivity index (χ2n) is 3.65. The number of halogens is 1. The molecule has 1 unspecified atom stereocenters. The van der Waals surface area contributed by atoms with Crippen molar-refractivity contribution in [1.29, 1.82) is 0 Å². The van der Waals surface area contributed by atoms with Crippen molar-refractivity contribution in [1.82, 2.24) is 4.98 Å². The van der Waals surface area contributed by atoms with Crippen molar-refractivity contribution >= 4 is 29.3 Å². The summed E-state index contributed by atoms with van der Waals surface area (Å²) in [4.78, 5) is 15.4. The quantitative estimate of drug-likeness (QED) is 0.473. The maximum Gasteiger partial charge on any atom is 0.322 e. The van der Waals surface area contributed by atoms with E-state index in [0.29, 0.717) is 18.2 Å². The minimum Gasteiger partial charge on any atom is -0.465 e. The molecule has 1 atom stereocenters. The predicted octanol–water partition coefficient (Wildman–Crippen LogP) is 2.25. The number of nitrogens with zero attached hydrogens (tertiary/aromatic N) is 1. The third kappa shape index (κ3) is 5.71. The van der Waals surface area contributed by atoms with Gasteiger partial charge in [-0.3, -0.25) is 4.79 Å². The molecular weight excluding hydrogens is 272 g/mol. The van der Waals surface area contributed by atoms with Gasteiger partial charge in [0.05, 0.1) is 12.3 Å². The van der Waals surface area contributed by atoms with Gasteiger partial charge in [-0.2, -0.15) is 11.8 Å². The van der Waals surface area contributed by atoms with Crippen LogP contribution in [0.4, 0.5) is 0 Å². The number of carbonyl (C=O) groups is 1. The molecular formula is C12H17ClN2O2S. The Kier molecular flexibility index (Phi) is 7.08. The van der Waals surface area contributed by atoms with Gasteiger partial charge in [-0.05, 0) is 31.2 Å². The summed E-state index contributed by atoms with van der Waals surface area (Å²) in [6, 6.07) is 5.00. The van der Waals surface area contributed by atoms with E-state index in [2.05, 4.69) is 4.98 Å². The number of esters is 1. The normalized spacial score (nSPS) is 12.2. The summed E-state index contributed by atoms with van der Waals surface area (Å²) in [7, 11) is 0. The van der Waals surface area contributed by atoms with E-state index in [1.807, 2.05) is 12.1 Å². The van der Waals surface area contributed by atoms with Crippen molar-refractivity contribution in [3.8, 4) is 0 Å². The Labute approximate surface area is 116 Å². The topological polar surface area (TPSA) is 65.2 Å². The fraction of sp³-hybridized carbons (Fsp3) is 0.500. The zero-order valence-electron chi connectivity index (χ0n) is 10.3. The number of pyridine rings is 1. The molecule has 2 N–H and O–H groups in total. The van der Waals surface area contributed by atoms with E-state index in [4.69, 9.17) is 22.1 Å². The van der Waals surface area contributed by atoms with Gasteiger partial charge in [-0.1, -0.05) is 17.7 Å². The molecule has 0 amide bonds. The lowest BCUT2D eigenvalue weighted by atomic mass is 10.2. The van der Waals surface area contributed by atoms with Crippen molar-refractivity contribution in [2.24, 2.45) is 5.73 Å². The first kappa shape index (κ1) is 15.3. The molecule has 0 radical (unpaired) electrons. The van der Waals surface area contributed by atoms with Crippen molar-refractivity contribution in [2.75, 3.05) is 12.4 Å². The number of hydrogen-bond donors (Lipinski definition) is 1. The molecule has 0 spiro atoms. The third-order valence-electron chi connectivity index (χ3n) is 2.19. The lowest BCUT2D eigenvalue weighted by molar-refractivity contribution is -0.144. The second kappa shape index (κ2) is 8.34. The van der Waals surface area contributed by atoms with Gasteiger partial charge >= 0.3 is 5.97 Å². The highest BCUT2D eigenvalue weighted by Crippen LogP contribution is 2.14. The Bertz CT molecular complexity index is 390. The molecule has 1 aromatic rings. The van der Waals surface area contributed by atoms with Crippen LogP contribution < -0.4 is 5.73 Å². The first-order chi connectivity index (χ1) is 8.63. The highest BCUT2D eigenvalue weighted by atomic mass is 35.5. The largest absolute Gasteiger partial charge is 0.465 e. The van der Waals surface area contributed by atoms with Crippen molar-refractivity contribution in [3.05, 3.63) is 29.0 Å². The lowest BCUT2D eigenvalue weighted by Crippen LogP contribution is -2.32. The van der Waals surface area contributed by atoms with E-state index in [-0.39, 0.29) is 5.97 Å². The fourth-order valence-electron chi connectivity index (χ4n) is 1.28. The Morgan fingerprint density at radius 1 is 1.61 bits per heavy atom. The van der Waals surface area contributed by atoms with E-state index < -0.39 is 6.04 Å². The maximum absolute atomic E-state index is 11.3. The Morgan fingerprint density at radius 2 is 2.39 bits per heavy atom. The molecule has 0 saturated carbocycles. The summed E-state index contributed by atoms with van der Waals surface area (Å²) in [5, 5.41) is 0.497. The SMILES string of the molecule is CCOC(=O)C(N)CCSCc1cccc(Cl)n1. The van der Waals surface area contributed by atoms with Crippen LogP contribution in [0.3, 0.4) is 0 Å². The minimum atomic E-state index is -0.537. The van der Waals surface area contributed by atoms with Crippen LogP contribution in [0.25, 0.3) is 0 Å². The molecule has 18 heavy (non-hydrogen) atoms. The number of nitrogens with two attached hydrogens (primary N) is 1. The number of carbonyl (C=O) groups excluding carboxylic acids is 1. The van der Waals surface area contributed by atoms with Gasteiger partial charge < -0.3 is 10.5 Å². The van der Waals surface area contributed by atoms with Crippen molar-refractivity contribution in [3.63, 3.8) is 0 Å². The fourth-order valence-corrected chi connectivity index (χ4v) is 2.40. The highest BCUT2D eigenvalue weighted by Gasteiger charge is 2.13. The van der Waals surface area contributed by atoms with E-state index in [0.717, 1.165) is 17.2 Å². The first-order valence-electron chi connectivity index (χ1n) is 5.75. The maximum atomic E-state index is 11.3. The Balaban J connectivity index is 2.20. The molecule has 100 valence electrons. The number of hydrogen-bond acceptors (Lipinski definition) is 5. The number of thioether (sulfide) groups is 1. The summed E-state index contributed by atoms with van der Waals surface area (Å²) in [5.74, 6) is 1.21. The summed E-state index contributed by atoms with van der Waals surface area (Å²) in [6.07, 6.45) is 0.601. The van der Waals surface area contributed by atoms with E-state index in [9.17, 15) is 4.79 Å². The van der Waals surface area contributed by atoms with E-state index in [1.54, 1.807) is 24.8 Å². The molecule has 0 aromatic carbocycles. The van der Waals surface area contributed by atoms with Crippen molar-refractivity contribution in [2.45, 2.75) is 25.1 Å². The minimum absolute atomic E-state index is 0.334. The van der Waals surface area contributed by atoms with Crippen LogP contribution in [0.15, 0.2) is 18.2 Å². The van der Waals surface area contributed by atoms with Gasteiger partial charge in [0.25, 0.3) is 0 Å². The molecule has 6 heteroatoms. The molecule has 0 bridgehead atoms. The van der Waals surface area contributed by atoms with Gasteiger partial charge in [0.15, 0.2) is 0 Å². The first-order valence-corrected chi connectivity index (χ1v) is 7.28. The molecule has 0 aliphatic rings. The highest BCUT2D eigenvalue weighted by molar-refractivity contribution is 7.98. The van der Waals surface area contributed by atoms with E-state index >= 15 is 0 Å². The summed E-state index contributed by atoms with van der Waals surface area (Å²) in [6.45, 7) is 2.14. The predicted molar refractivity (Wildman–Crippen MR) is 74.6 cm³/mol. The van der Waals surface area contributed by atoms with Crippen molar-refractivity contribution < 1.29 is 9.53 Å². The van der Waals surface area contributed by atoms with Crippen LogP contribution in [0.5, 0.6) is 0 Å². The zero-order chi connectivity index (χ0) is 13.4. The van der Waals surface area contributed by atoms with Gasteiger partial charge in [-0.25, -0.2) is 4.98 Å². The summed E-state index contributed by atoms with van der Waals surface area (Å²) in [5.41, 5.74) is 6.61. The van der Waals surface area contributed by atoms with Crippen LogP contribution in [0.1, 0.15) is 19.0 Å². The molecule has 1 rings (SSSR count). The van der Waals surface area contributed by atoms with Crippen LogP contribution in [0.2, 0.25) is 5.15 Å². The van der Waals surface area contributed by atoms with Gasteiger partial charge in [0.1, 0.15) is 11.2 Å². The summed E-state index contributed by atoms with van der Waals surface area (Å²) < 4.78 is 4.83. The molecule has 1 heterocycles. The lowest BCUT2D eigenvalue weighted by Gasteiger charge is -2.09. The van der Waals surface area contributed by atoms with Gasteiger partial charge in [0.2, 0.25) is 0 Å². The number of ether oxygens (including phenoxy) is 1. The van der Waals surface area contributed by atoms with Crippen LogP contribution in [-0.2, 0) is 15.3 Å². The van der Waals surface area contributed by atoms with Crippen LogP contribution in [0, 0.1) is 0 Å². The van der Waals surface area contributed by atoms with Gasteiger partial charge in [-0.15, -0.1) is 0 Å². The molecule has 1 aromatic heterocycles. The molecule has 0 saturated heterocycles. The second-order valence-corrected chi connectivity index (χ2v) is 5.14. The van der Waals surface area contributed by atoms with Crippen LogP contribution in [-0.4, -0.2) is 29.4 Å². The summed E-state index contributed by atoms with van der Waals surface area (Å²) >= 11 is 7.45. The third-order valence-corrected chi connectivity index (χ3v) is 3.42. The molecule has 0 aliphatic heterocycles. The molecule has 0 fully saturated rings. The van der Waals surface area contributed by atoms with Gasteiger partial charge in [0, 0.05) is 5.75 Å². The average Bonchev–Trinajstić information content (AvgIpc) is 2.35. The van der Waals surface area contributed by atoms with E-state index in [1.165, 1.54) is 0 Å². The standard InChI is InChI=1S/C12H17ClN2O2S/c1-2-17-12(16)10(14)6-7-18-8-9-4-3-5-11(13)15-9/h3-5,10H,2,6-8,14H2,1H3. The monoisotopic (exact) mass is 288 g/mol. The Hall–Kier alpha value is -0.780. The number of aromatic nitrogens is 1. The smallest absolute Gasteiger partial charge is 0.322 e. The average molecular weight is 289 g/mol. The Morgan fingerprint density at radius 3 is 3.06 bits per heavy atom. The number of rotatable bonds is 7. The van der Waals surface area contributed by atoms with Crippen LogP contribution >= 0.6 is 23.4 Å². The molecule has 0 aliphatic carbocycles. The molecule has 4 nitrogen and oxygen atoms in total.